The van der Waals surface area contributed by atoms with E-state index >= 15 is 0 Å². The number of para-hydroxylation sites is 1. The first kappa shape index (κ1) is 26.5. The molecule has 46 heavy (non-hydrogen) atoms. The highest BCUT2D eigenvalue weighted by molar-refractivity contribution is 6.02. The first-order valence-electron chi connectivity index (χ1n) is 16.0. The lowest BCUT2D eigenvalue weighted by molar-refractivity contribution is 0.775. The van der Waals surface area contributed by atoms with E-state index in [0.717, 1.165) is 5.69 Å². The average Bonchev–Trinajstić information content (AvgIpc) is 3.64. The van der Waals surface area contributed by atoms with Crippen molar-refractivity contribution in [2.24, 2.45) is 0 Å². The third kappa shape index (κ3) is 3.82. The highest BCUT2D eigenvalue weighted by Crippen LogP contribution is 2.59. The molecule has 9 rings (SSSR count). The molecule has 8 aromatic rings. The normalized spacial score (nSPS) is 13.0. The summed E-state index contributed by atoms with van der Waals surface area (Å²) in [6.45, 7) is 0. The molecule has 1 heterocycles. The molecule has 0 aliphatic heterocycles. The number of hydrogen-bond donors (Lipinski definition) is 0. The van der Waals surface area contributed by atoms with Crippen molar-refractivity contribution in [2.75, 3.05) is 0 Å². The molecule has 1 heteroatoms. The molecular formula is C45H31N. The highest BCUT2D eigenvalue weighted by atomic mass is 15.0. The van der Waals surface area contributed by atoms with Crippen LogP contribution in [0.15, 0.2) is 188 Å². The SMILES string of the molecule is c1ccc(-c2ccccc2-c2ccc(-n3c4c(c5ccccc53)C(c3ccccc3)(c3ccccc3)c3ccccc3-4)cc2)cc1. The summed E-state index contributed by atoms with van der Waals surface area (Å²) in [4.78, 5) is 0. The van der Waals surface area contributed by atoms with Gasteiger partial charge in [0.1, 0.15) is 0 Å². The summed E-state index contributed by atoms with van der Waals surface area (Å²) in [5.74, 6) is 0. The summed E-state index contributed by atoms with van der Waals surface area (Å²) in [5, 5.41) is 1.28. The summed E-state index contributed by atoms with van der Waals surface area (Å²) in [5.41, 5.74) is 14.6. The Morgan fingerprint density at radius 3 is 1.48 bits per heavy atom. The third-order valence-electron chi connectivity index (χ3n) is 9.70. The Morgan fingerprint density at radius 2 is 0.848 bits per heavy atom. The Bertz CT molecular complexity index is 2290. The van der Waals surface area contributed by atoms with Crippen LogP contribution >= 0.6 is 0 Å². The van der Waals surface area contributed by atoms with E-state index in [2.05, 4.69) is 193 Å². The molecule has 216 valence electrons. The Balaban J connectivity index is 1.31. The minimum Gasteiger partial charge on any atom is -0.309 e. The van der Waals surface area contributed by atoms with Gasteiger partial charge in [-0.2, -0.15) is 0 Å². The Labute approximate surface area is 269 Å². The minimum atomic E-state index is -0.451. The monoisotopic (exact) mass is 585 g/mol. The van der Waals surface area contributed by atoms with Crippen LogP contribution in [0.3, 0.4) is 0 Å². The Hall–Kier alpha value is -5.92. The number of benzene rings is 7. The number of fused-ring (bicyclic) bond motifs is 5. The van der Waals surface area contributed by atoms with E-state index in [1.807, 2.05) is 0 Å². The predicted molar refractivity (Wildman–Crippen MR) is 191 cm³/mol. The molecule has 0 N–H and O–H groups in total. The minimum absolute atomic E-state index is 0.451. The van der Waals surface area contributed by atoms with Gasteiger partial charge in [0.25, 0.3) is 0 Å². The molecule has 0 saturated carbocycles. The van der Waals surface area contributed by atoms with Crippen LogP contribution in [0.5, 0.6) is 0 Å². The first-order valence-corrected chi connectivity index (χ1v) is 16.0. The lowest BCUT2D eigenvalue weighted by Crippen LogP contribution is -2.28. The summed E-state index contributed by atoms with van der Waals surface area (Å²) in [6.07, 6.45) is 0. The van der Waals surface area contributed by atoms with E-state index in [1.54, 1.807) is 0 Å². The van der Waals surface area contributed by atoms with Crippen molar-refractivity contribution in [3.8, 4) is 39.2 Å². The molecule has 0 bridgehead atoms. The Morgan fingerprint density at radius 1 is 0.370 bits per heavy atom. The van der Waals surface area contributed by atoms with E-state index in [0.29, 0.717) is 0 Å². The zero-order chi connectivity index (χ0) is 30.5. The lowest BCUT2D eigenvalue weighted by Gasteiger charge is -2.33. The van der Waals surface area contributed by atoms with Crippen molar-refractivity contribution in [3.63, 3.8) is 0 Å². The quantitative estimate of drug-likeness (QED) is 0.189. The second-order valence-corrected chi connectivity index (χ2v) is 12.1. The van der Waals surface area contributed by atoms with Crippen LogP contribution in [0.25, 0.3) is 50.1 Å². The van der Waals surface area contributed by atoms with E-state index in [-0.39, 0.29) is 0 Å². The smallest absolute Gasteiger partial charge is 0.0735 e. The van der Waals surface area contributed by atoms with Crippen LogP contribution in [0.4, 0.5) is 0 Å². The molecule has 1 aliphatic carbocycles. The van der Waals surface area contributed by atoms with Crippen LogP contribution in [0.2, 0.25) is 0 Å². The van der Waals surface area contributed by atoms with Crippen molar-refractivity contribution in [1.29, 1.82) is 0 Å². The van der Waals surface area contributed by atoms with Crippen LogP contribution in [0, 0.1) is 0 Å². The first-order chi connectivity index (χ1) is 22.9. The fourth-order valence-electron chi connectivity index (χ4n) is 7.83. The summed E-state index contributed by atoms with van der Waals surface area (Å²) in [6, 6.07) is 68.5. The van der Waals surface area contributed by atoms with Crippen molar-refractivity contribution in [3.05, 3.63) is 210 Å². The van der Waals surface area contributed by atoms with Crippen molar-refractivity contribution in [2.45, 2.75) is 5.41 Å². The zero-order valence-corrected chi connectivity index (χ0v) is 25.3. The van der Waals surface area contributed by atoms with Crippen LogP contribution < -0.4 is 0 Å². The van der Waals surface area contributed by atoms with Gasteiger partial charge in [0.2, 0.25) is 0 Å². The number of rotatable bonds is 5. The fourth-order valence-corrected chi connectivity index (χ4v) is 7.83. The van der Waals surface area contributed by atoms with Gasteiger partial charge in [-0.15, -0.1) is 0 Å². The molecule has 1 nitrogen and oxygen atoms in total. The maximum atomic E-state index is 2.49. The summed E-state index contributed by atoms with van der Waals surface area (Å²) >= 11 is 0. The second kappa shape index (κ2) is 10.6. The van der Waals surface area contributed by atoms with Crippen molar-refractivity contribution < 1.29 is 0 Å². The number of aromatic nitrogens is 1. The number of hydrogen-bond acceptors (Lipinski definition) is 0. The van der Waals surface area contributed by atoms with Gasteiger partial charge >= 0.3 is 0 Å². The van der Waals surface area contributed by atoms with Gasteiger partial charge in [-0.3, -0.25) is 0 Å². The largest absolute Gasteiger partial charge is 0.309 e. The van der Waals surface area contributed by atoms with Crippen LogP contribution in [0.1, 0.15) is 22.3 Å². The molecule has 0 radical (unpaired) electrons. The molecule has 0 atom stereocenters. The van der Waals surface area contributed by atoms with E-state index in [9.17, 15) is 0 Å². The van der Waals surface area contributed by atoms with E-state index in [1.165, 1.54) is 66.7 Å². The lowest BCUT2D eigenvalue weighted by atomic mass is 9.67. The van der Waals surface area contributed by atoms with Gasteiger partial charge in [-0.25, -0.2) is 0 Å². The second-order valence-electron chi connectivity index (χ2n) is 12.1. The van der Waals surface area contributed by atoms with Crippen molar-refractivity contribution >= 4 is 10.9 Å². The van der Waals surface area contributed by atoms with Gasteiger partial charge in [-0.1, -0.05) is 170 Å². The summed E-state index contributed by atoms with van der Waals surface area (Å²) < 4.78 is 2.49. The predicted octanol–water partition coefficient (Wildman–Crippen LogP) is 11.3. The third-order valence-corrected chi connectivity index (χ3v) is 9.70. The van der Waals surface area contributed by atoms with Crippen LogP contribution in [-0.2, 0) is 5.41 Å². The molecule has 0 amide bonds. The van der Waals surface area contributed by atoms with E-state index < -0.39 is 5.41 Å². The van der Waals surface area contributed by atoms with Gasteiger partial charge in [-0.05, 0) is 57.1 Å². The van der Waals surface area contributed by atoms with Crippen LogP contribution in [-0.4, -0.2) is 4.57 Å². The average molecular weight is 586 g/mol. The molecule has 1 aromatic heterocycles. The molecule has 0 spiro atoms. The van der Waals surface area contributed by atoms with Crippen molar-refractivity contribution in [1.82, 2.24) is 4.57 Å². The molecule has 1 aliphatic rings. The van der Waals surface area contributed by atoms with E-state index in [4.69, 9.17) is 0 Å². The molecular weight excluding hydrogens is 555 g/mol. The standard InChI is InChI=1S/C45H31N/c1-4-16-32(17-5-1)37-22-10-11-23-38(37)33-28-30-36(31-29-33)46-42-27-15-13-25-40(42)43-44(46)39-24-12-14-26-41(39)45(43,34-18-6-2-7-19-34)35-20-8-3-9-21-35/h1-31H. The summed E-state index contributed by atoms with van der Waals surface area (Å²) in [7, 11) is 0. The molecule has 0 unspecified atom stereocenters. The Kier molecular flexibility index (Phi) is 6.11. The van der Waals surface area contributed by atoms with Gasteiger partial charge in [0.05, 0.1) is 16.6 Å². The van der Waals surface area contributed by atoms with Gasteiger partial charge < -0.3 is 4.57 Å². The fraction of sp³-hybridized carbons (Fsp3) is 0.0222. The molecule has 7 aromatic carbocycles. The maximum absolute atomic E-state index is 2.49. The highest BCUT2D eigenvalue weighted by Gasteiger charge is 2.49. The molecule has 0 saturated heterocycles. The topological polar surface area (TPSA) is 4.93 Å². The number of nitrogens with zero attached hydrogens (tertiary/aromatic N) is 1. The van der Waals surface area contributed by atoms with Gasteiger partial charge in [0.15, 0.2) is 0 Å². The zero-order valence-electron chi connectivity index (χ0n) is 25.3. The maximum Gasteiger partial charge on any atom is 0.0735 e. The van der Waals surface area contributed by atoms with Gasteiger partial charge in [0, 0.05) is 22.2 Å². The molecule has 0 fully saturated rings.